The fraction of sp³-hybridized carbons (Fsp3) is 0.500. The van der Waals surface area contributed by atoms with E-state index in [0.717, 1.165) is 24.2 Å². The lowest BCUT2D eigenvalue weighted by Gasteiger charge is -2.40. The lowest BCUT2D eigenvalue weighted by Crippen LogP contribution is -2.55. The third-order valence-corrected chi connectivity index (χ3v) is 4.94. The second-order valence-electron chi connectivity index (χ2n) is 6.84. The Hall–Kier alpha value is -2.81. The Morgan fingerprint density at radius 3 is 2.93 bits per heavy atom. The standard InChI is InChI=1S/C18H22N6O3/c1-23-14(21-11-22-23)6-8-20-18(26)17-16(12-3-2-7-19-9-12)24(13-4-5-13)15(25)10-27-17/h2-3,7,9,11,13,16-17H,4-6,8,10H2,1H3,(H,20,26)/t16-,17+/m1/s1. The fourth-order valence-corrected chi connectivity index (χ4v) is 3.46. The normalized spacial score (nSPS) is 22.7. The number of rotatable bonds is 6. The highest BCUT2D eigenvalue weighted by Gasteiger charge is 2.47. The summed E-state index contributed by atoms with van der Waals surface area (Å²) < 4.78 is 7.35. The molecule has 27 heavy (non-hydrogen) atoms. The molecule has 1 saturated heterocycles. The van der Waals surface area contributed by atoms with E-state index >= 15 is 0 Å². The lowest BCUT2D eigenvalue weighted by molar-refractivity contribution is -0.165. The minimum absolute atomic E-state index is 0.0745. The highest BCUT2D eigenvalue weighted by molar-refractivity contribution is 5.86. The number of ether oxygens (including phenoxy) is 1. The minimum atomic E-state index is -0.757. The van der Waals surface area contributed by atoms with E-state index < -0.39 is 12.1 Å². The van der Waals surface area contributed by atoms with Crippen molar-refractivity contribution in [1.29, 1.82) is 0 Å². The Morgan fingerprint density at radius 1 is 1.41 bits per heavy atom. The Kier molecular flexibility index (Phi) is 4.85. The van der Waals surface area contributed by atoms with Gasteiger partial charge in [0.15, 0.2) is 6.10 Å². The van der Waals surface area contributed by atoms with E-state index in [9.17, 15) is 9.59 Å². The summed E-state index contributed by atoms with van der Waals surface area (Å²) in [6.07, 6.45) is 6.59. The van der Waals surface area contributed by atoms with E-state index in [2.05, 4.69) is 20.4 Å². The summed E-state index contributed by atoms with van der Waals surface area (Å²) in [5, 5.41) is 6.93. The van der Waals surface area contributed by atoms with Crippen LogP contribution in [0.25, 0.3) is 0 Å². The second-order valence-corrected chi connectivity index (χ2v) is 6.84. The van der Waals surface area contributed by atoms with Gasteiger partial charge in [-0.2, -0.15) is 5.10 Å². The summed E-state index contributed by atoms with van der Waals surface area (Å²) in [5.41, 5.74) is 0.811. The Morgan fingerprint density at radius 2 is 2.26 bits per heavy atom. The van der Waals surface area contributed by atoms with Crippen LogP contribution in [0.15, 0.2) is 30.9 Å². The van der Waals surface area contributed by atoms with Crippen LogP contribution in [0.1, 0.15) is 30.3 Å². The van der Waals surface area contributed by atoms with Crippen molar-refractivity contribution in [1.82, 2.24) is 30.0 Å². The third-order valence-electron chi connectivity index (χ3n) is 4.94. The lowest BCUT2D eigenvalue weighted by atomic mass is 9.98. The Bertz CT molecular complexity index is 820. The molecule has 9 nitrogen and oxygen atoms in total. The van der Waals surface area contributed by atoms with E-state index in [-0.39, 0.29) is 24.5 Å². The topological polar surface area (TPSA) is 102 Å². The summed E-state index contributed by atoms with van der Waals surface area (Å²) in [6.45, 7) is 0.344. The summed E-state index contributed by atoms with van der Waals surface area (Å²) in [6, 6.07) is 3.42. The summed E-state index contributed by atoms with van der Waals surface area (Å²) in [7, 11) is 1.81. The average molecular weight is 370 g/mol. The molecule has 1 N–H and O–H groups in total. The van der Waals surface area contributed by atoms with Crippen molar-refractivity contribution in [2.75, 3.05) is 13.2 Å². The van der Waals surface area contributed by atoms with Crippen LogP contribution < -0.4 is 5.32 Å². The van der Waals surface area contributed by atoms with Gasteiger partial charge in [0, 0.05) is 38.4 Å². The molecule has 1 saturated carbocycles. The van der Waals surface area contributed by atoms with Crippen LogP contribution in [0.4, 0.5) is 0 Å². The van der Waals surface area contributed by atoms with Gasteiger partial charge in [0.1, 0.15) is 18.8 Å². The van der Waals surface area contributed by atoms with Crippen molar-refractivity contribution in [3.8, 4) is 0 Å². The van der Waals surface area contributed by atoms with Gasteiger partial charge in [0.25, 0.3) is 5.91 Å². The summed E-state index contributed by atoms with van der Waals surface area (Å²) in [4.78, 5) is 35.4. The number of carbonyl (C=O) groups excluding carboxylic acids is 2. The molecule has 2 amide bonds. The van der Waals surface area contributed by atoms with Gasteiger partial charge in [-0.05, 0) is 24.5 Å². The highest BCUT2D eigenvalue weighted by atomic mass is 16.5. The molecule has 1 aliphatic heterocycles. The fourth-order valence-electron chi connectivity index (χ4n) is 3.46. The van der Waals surface area contributed by atoms with Crippen LogP contribution in [0.2, 0.25) is 0 Å². The van der Waals surface area contributed by atoms with Gasteiger partial charge in [-0.25, -0.2) is 4.98 Å². The van der Waals surface area contributed by atoms with Crippen LogP contribution in [0.3, 0.4) is 0 Å². The van der Waals surface area contributed by atoms with Gasteiger partial charge in [0.2, 0.25) is 5.91 Å². The molecular weight excluding hydrogens is 348 g/mol. The first-order valence-corrected chi connectivity index (χ1v) is 9.08. The van der Waals surface area contributed by atoms with Crippen molar-refractivity contribution in [3.63, 3.8) is 0 Å². The number of morpholine rings is 1. The highest BCUT2D eigenvalue weighted by Crippen LogP contribution is 2.39. The van der Waals surface area contributed by atoms with Gasteiger partial charge < -0.3 is 15.0 Å². The van der Waals surface area contributed by atoms with Gasteiger partial charge in [-0.1, -0.05) is 6.07 Å². The zero-order chi connectivity index (χ0) is 18.8. The Labute approximate surface area is 156 Å². The summed E-state index contributed by atoms with van der Waals surface area (Å²) >= 11 is 0. The monoisotopic (exact) mass is 370 g/mol. The molecule has 1 aliphatic carbocycles. The molecule has 2 atom stereocenters. The number of aryl methyl sites for hydroxylation is 1. The maximum absolute atomic E-state index is 12.9. The van der Waals surface area contributed by atoms with Crippen molar-refractivity contribution >= 4 is 11.8 Å². The molecular formula is C18H22N6O3. The Balaban J connectivity index is 1.49. The first-order valence-electron chi connectivity index (χ1n) is 9.08. The molecule has 2 aliphatic rings. The molecule has 3 heterocycles. The predicted molar refractivity (Wildman–Crippen MR) is 94.3 cm³/mol. The SMILES string of the molecule is Cn1ncnc1CCNC(=O)[C@H]1OCC(=O)N(C2CC2)[C@@H]1c1cccnc1. The predicted octanol–water partition coefficient (Wildman–Crippen LogP) is -0.0001000. The first kappa shape index (κ1) is 17.6. The smallest absolute Gasteiger partial charge is 0.251 e. The molecule has 0 bridgehead atoms. The van der Waals surface area contributed by atoms with Gasteiger partial charge in [-0.15, -0.1) is 0 Å². The van der Waals surface area contributed by atoms with E-state index in [4.69, 9.17) is 4.74 Å². The zero-order valence-corrected chi connectivity index (χ0v) is 15.1. The largest absolute Gasteiger partial charge is 0.356 e. The third kappa shape index (κ3) is 3.68. The molecule has 0 aromatic carbocycles. The number of aromatic nitrogens is 4. The second kappa shape index (κ2) is 7.43. The van der Waals surface area contributed by atoms with Crippen LogP contribution in [-0.2, 0) is 27.8 Å². The minimum Gasteiger partial charge on any atom is -0.356 e. The molecule has 0 radical (unpaired) electrons. The molecule has 2 fully saturated rings. The molecule has 0 unspecified atom stereocenters. The van der Waals surface area contributed by atoms with Crippen LogP contribution >= 0.6 is 0 Å². The zero-order valence-electron chi connectivity index (χ0n) is 15.1. The number of hydrogen-bond acceptors (Lipinski definition) is 6. The molecule has 9 heteroatoms. The van der Waals surface area contributed by atoms with Gasteiger partial charge >= 0.3 is 0 Å². The number of hydrogen-bond donors (Lipinski definition) is 1. The van der Waals surface area contributed by atoms with E-state index in [1.807, 2.05) is 24.1 Å². The van der Waals surface area contributed by atoms with E-state index in [1.165, 1.54) is 6.33 Å². The van der Waals surface area contributed by atoms with Crippen LogP contribution in [0.5, 0.6) is 0 Å². The number of nitrogens with zero attached hydrogens (tertiary/aromatic N) is 5. The quantitative estimate of drug-likeness (QED) is 0.768. The average Bonchev–Trinajstić information content (AvgIpc) is 3.44. The van der Waals surface area contributed by atoms with Crippen molar-refractivity contribution in [2.24, 2.45) is 7.05 Å². The molecule has 4 rings (SSSR count). The van der Waals surface area contributed by atoms with Crippen molar-refractivity contribution in [2.45, 2.75) is 37.5 Å². The molecule has 2 aromatic rings. The van der Waals surface area contributed by atoms with Gasteiger partial charge in [-0.3, -0.25) is 19.3 Å². The number of amides is 2. The van der Waals surface area contributed by atoms with E-state index in [1.54, 1.807) is 17.1 Å². The molecule has 2 aromatic heterocycles. The maximum atomic E-state index is 12.9. The van der Waals surface area contributed by atoms with Crippen molar-refractivity contribution < 1.29 is 14.3 Å². The van der Waals surface area contributed by atoms with Crippen LogP contribution in [0, 0.1) is 0 Å². The molecule has 142 valence electrons. The van der Waals surface area contributed by atoms with Gasteiger partial charge in [0.05, 0.1) is 6.04 Å². The molecule has 0 spiro atoms. The summed E-state index contributed by atoms with van der Waals surface area (Å²) in [5.74, 6) is 0.483. The number of nitrogens with one attached hydrogen (secondary N) is 1. The number of pyridine rings is 1. The maximum Gasteiger partial charge on any atom is 0.251 e. The number of carbonyl (C=O) groups is 2. The van der Waals surface area contributed by atoms with Crippen molar-refractivity contribution in [3.05, 3.63) is 42.2 Å². The van der Waals surface area contributed by atoms with Crippen LogP contribution in [-0.4, -0.2) is 61.8 Å². The van der Waals surface area contributed by atoms with E-state index in [0.29, 0.717) is 13.0 Å². The first-order chi connectivity index (χ1) is 13.1.